The van der Waals surface area contributed by atoms with Crippen molar-refractivity contribution in [3.8, 4) is 0 Å². The van der Waals surface area contributed by atoms with Gasteiger partial charge >= 0.3 is 11.9 Å². The molecule has 0 fully saturated rings. The van der Waals surface area contributed by atoms with Crippen LogP contribution in [0.3, 0.4) is 0 Å². The standard InChI is InChI=1S/C23H27NO5S/c1-3-28-20(26)13-12-19(25)24-22-21(23(27)29-4-2)17-11-10-16(14-18(17)30-22)15-8-6-5-7-9-15/h5-9,16H,3-4,10-14H2,1-2H3,(H,24,25). The van der Waals surface area contributed by atoms with Gasteiger partial charge in [0.05, 0.1) is 25.2 Å². The van der Waals surface area contributed by atoms with Gasteiger partial charge in [0.1, 0.15) is 5.00 Å². The zero-order chi connectivity index (χ0) is 21.5. The molecule has 3 rings (SSSR count). The first-order valence-electron chi connectivity index (χ1n) is 10.4. The summed E-state index contributed by atoms with van der Waals surface area (Å²) >= 11 is 1.44. The molecule has 7 heteroatoms. The van der Waals surface area contributed by atoms with Gasteiger partial charge in [0.15, 0.2) is 0 Å². The summed E-state index contributed by atoms with van der Waals surface area (Å²) in [5.41, 5.74) is 2.73. The first-order chi connectivity index (χ1) is 14.5. The van der Waals surface area contributed by atoms with Gasteiger partial charge in [-0.05, 0) is 50.2 Å². The van der Waals surface area contributed by atoms with Crippen molar-refractivity contribution in [3.05, 3.63) is 51.9 Å². The maximum Gasteiger partial charge on any atom is 0.341 e. The molecule has 0 saturated carbocycles. The topological polar surface area (TPSA) is 81.7 Å². The second kappa shape index (κ2) is 10.4. The van der Waals surface area contributed by atoms with Crippen LogP contribution >= 0.6 is 11.3 Å². The van der Waals surface area contributed by atoms with Crippen LogP contribution < -0.4 is 5.32 Å². The highest BCUT2D eigenvalue weighted by atomic mass is 32.1. The third kappa shape index (κ3) is 5.27. The summed E-state index contributed by atoms with van der Waals surface area (Å²) in [4.78, 5) is 37.7. The number of esters is 2. The van der Waals surface area contributed by atoms with Crippen molar-refractivity contribution in [2.75, 3.05) is 18.5 Å². The van der Waals surface area contributed by atoms with E-state index in [-0.39, 0.29) is 32.0 Å². The lowest BCUT2D eigenvalue weighted by molar-refractivity contribution is -0.144. The number of carbonyl (C=O) groups is 3. The van der Waals surface area contributed by atoms with E-state index in [9.17, 15) is 14.4 Å². The minimum atomic E-state index is -0.408. The molecule has 1 amide bonds. The van der Waals surface area contributed by atoms with Gasteiger partial charge in [-0.2, -0.15) is 0 Å². The van der Waals surface area contributed by atoms with Crippen LogP contribution in [0, 0.1) is 0 Å². The van der Waals surface area contributed by atoms with Crippen molar-refractivity contribution >= 4 is 34.2 Å². The molecule has 0 radical (unpaired) electrons. The molecule has 0 spiro atoms. The average Bonchev–Trinajstić information content (AvgIpc) is 3.10. The Bertz CT molecular complexity index is 906. The summed E-state index contributed by atoms with van der Waals surface area (Å²) in [6.07, 6.45) is 2.55. The molecular formula is C23H27NO5S. The number of hydrogen-bond donors (Lipinski definition) is 1. The van der Waals surface area contributed by atoms with Crippen LogP contribution in [0.4, 0.5) is 5.00 Å². The van der Waals surface area contributed by atoms with E-state index in [1.807, 2.05) is 18.2 Å². The molecule has 30 heavy (non-hydrogen) atoms. The molecule has 1 unspecified atom stereocenters. The van der Waals surface area contributed by atoms with Gasteiger partial charge in [0.2, 0.25) is 5.91 Å². The molecular weight excluding hydrogens is 402 g/mol. The Balaban J connectivity index is 1.79. The summed E-state index contributed by atoms with van der Waals surface area (Å²) in [5, 5.41) is 3.34. The van der Waals surface area contributed by atoms with Gasteiger partial charge in [0.25, 0.3) is 0 Å². The Labute approximate surface area is 180 Å². The second-order valence-corrected chi connectivity index (χ2v) is 8.24. The van der Waals surface area contributed by atoms with Crippen LogP contribution in [-0.2, 0) is 31.9 Å². The van der Waals surface area contributed by atoms with Crippen molar-refractivity contribution in [1.82, 2.24) is 0 Å². The van der Waals surface area contributed by atoms with E-state index in [1.165, 1.54) is 16.9 Å². The fraction of sp³-hybridized carbons (Fsp3) is 0.435. The quantitative estimate of drug-likeness (QED) is 0.626. The summed E-state index contributed by atoms with van der Waals surface area (Å²) in [6, 6.07) is 10.4. The van der Waals surface area contributed by atoms with E-state index in [1.54, 1.807) is 13.8 Å². The van der Waals surface area contributed by atoms with Crippen molar-refractivity contribution in [3.63, 3.8) is 0 Å². The average molecular weight is 430 g/mol. The minimum Gasteiger partial charge on any atom is -0.466 e. The Morgan fingerprint density at radius 2 is 1.80 bits per heavy atom. The summed E-state index contributed by atoms with van der Waals surface area (Å²) < 4.78 is 10.1. The fourth-order valence-corrected chi connectivity index (χ4v) is 5.07. The molecule has 0 saturated heterocycles. The van der Waals surface area contributed by atoms with Crippen molar-refractivity contribution < 1.29 is 23.9 Å². The van der Waals surface area contributed by atoms with Crippen LogP contribution in [0.25, 0.3) is 0 Å². The molecule has 1 aliphatic rings. The minimum absolute atomic E-state index is 0.00951. The lowest BCUT2D eigenvalue weighted by Gasteiger charge is -2.23. The molecule has 1 aromatic heterocycles. The van der Waals surface area contributed by atoms with Crippen LogP contribution in [0.5, 0.6) is 0 Å². The van der Waals surface area contributed by atoms with Gasteiger partial charge in [-0.3, -0.25) is 9.59 Å². The smallest absolute Gasteiger partial charge is 0.341 e. The lowest BCUT2D eigenvalue weighted by atomic mass is 9.83. The lowest BCUT2D eigenvalue weighted by Crippen LogP contribution is -2.17. The molecule has 0 aliphatic heterocycles. The Kier molecular flexibility index (Phi) is 7.63. The SMILES string of the molecule is CCOC(=O)CCC(=O)Nc1sc2c(c1C(=O)OCC)CCC(c1ccccc1)C2. The molecule has 160 valence electrons. The number of ether oxygens (including phenoxy) is 2. The Hall–Kier alpha value is -2.67. The zero-order valence-electron chi connectivity index (χ0n) is 17.4. The highest BCUT2D eigenvalue weighted by Gasteiger charge is 2.30. The first-order valence-corrected chi connectivity index (χ1v) is 11.2. The third-order valence-electron chi connectivity index (χ3n) is 5.13. The normalized spacial score (nSPS) is 15.2. The molecule has 1 aromatic carbocycles. The van der Waals surface area contributed by atoms with Crippen LogP contribution in [0.2, 0.25) is 0 Å². The molecule has 1 N–H and O–H groups in total. The Morgan fingerprint density at radius 1 is 1.07 bits per heavy atom. The van der Waals surface area contributed by atoms with Gasteiger partial charge < -0.3 is 14.8 Å². The number of rotatable bonds is 8. The van der Waals surface area contributed by atoms with Gasteiger partial charge in [-0.15, -0.1) is 11.3 Å². The number of amides is 1. The number of fused-ring (bicyclic) bond motifs is 1. The van der Waals surface area contributed by atoms with E-state index >= 15 is 0 Å². The summed E-state index contributed by atoms with van der Waals surface area (Å²) in [5.74, 6) is -0.741. The fourth-order valence-electron chi connectivity index (χ4n) is 3.74. The maximum atomic E-state index is 12.6. The Morgan fingerprint density at radius 3 is 2.50 bits per heavy atom. The third-order valence-corrected chi connectivity index (χ3v) is 6.30. The molecule has 1 aliphatic carbocycles. The largest absolute Gasteiger partial charge is 0.466 e. The molecule has 1 atom stereocenters. The van der Waals surface area contributed by atoms with E-state index < -0.39 is 11.9 Å². The van der Waals surface area contributed by atoms with Crippen LogP contribution in [-0.4, -0.2) is 31.1 Å². The van der Waals surface area contributed by atoms with Crippen molar-refractivity contribution in [2.45, 2.75) is 51.9 Å². The van der Waals surface area contributed by atoms with Crippen molar-refractivity contribution in [2.24, 2.45) is 0 Å². The highest BCUT2D eigenvalue weighted by molar-refractivity contribution is 7.17. The number of hydrogen-bond acceptors (Lipinski definition) is 6. The second-order valence-electron chi connectivity index (χ2n) is 7.13. The number of nitrogens with one attached hydrogen (secondary N) is 1. The zero-order valence-corrected chi connectivity index (χ0v) is 18.2. The predicted octanol–water partition coefficient (Wildman–Crippen LogP) is 4.48. The van der Waals surface area contributed by atoms with Gasteiger partial charge in [0, 0.05) is 11.3 Å². The molecule has 6 nitrogen and oxygen atoms in total. The predicted molar refractivity (Wildman–Crippen MR) is 116 cm³/mol. The van der Waals surface area contributed by atoms with Crippen LogP contribution in [0.15, 0.2) is 30.3 Å². The van der Waals surface area contributed by atoms with Gasteiger partial charge in [-0.25, -0.2) is 4.79 Å². The van der Waals surface area contributed by atoms with Crippen LogP contribution in [0.1, 0.15) is 65.4 Å². The summed E-state index contributed by atoms with van der Waals surface area (Å²) in [7, 11) is 0. The van der Waals surface area contributed by atoms with E-state index in [0.717, 1.165) is 29.7 Å². The molecule has 1 heterocycles. The van der Waals surface area contributed by atoms with E-state index in [4.69, 9.17) is 9.47 Å². The highest BCUT2D eigenvalue weighted by Crippen LogP contribution is 2.42. The summed E-state index contributed by atoms with van der Waals surface area (Å²) in [6.45, 7) is 4.04. The first kappa shape index (κ1) is 22.0. The molecule has 0 bridgehead atoms. The number of thiophene rings is 1. The maximum absolute atomic E-state index is 12.6. The van der Waals surface area contributed by atoms with Crippen molar-refractivity contribution in [1.29, 1.82) is 0 Å². The molecule has 2 aromatic rings. The monoisotopic (exact) mass is 429 g/mol. The van der Waals surface area contributed by atoms with E-state index in [2.05, 4.69) is 17.4 Å². The number of carbonyl (C=O) groups excluding carboxylic acids is 3. The number of benzene rings is 1. The number of anilines is 1. The van der Waals surface area contributed by atoms with E-state index in [0.29, 0.717) is 16.5 Å². The van der Waals surface area contributed by atoms with Gasteiger partial charge in [-0.1, -0.05) is 30.3 Å².